The molecule has 4 nitrogen and oxygen atoms in total. The molecule has 0 bridgehead atoms. The molecule has 1 aromatic carbocycles. The maximum atomic E-state index is 5.92. The molecular formula is C17H21N3O. The Bertz CT molecular complexity index is 650. The van der Waals surface area contributed by atoms with E-state index in [1.807, 2.05) is 28.9 Å². The van der Waals surface area contributed by atoms with Gasteiger partial charge in [0.05, 0.1) is 23.5 Å². The van der Waals surface area contributed by atoms with Gasteiger partial charge in [0.15, 0.2) is 0 Å². The first-order chi connectivity index (χ1) is 10.3. The molecule has 0 aliphatic rings. The fourth-order valence-electron chi connectivity index (χ4n) is 2.07. The molecule has 1 aromatic heterocycles. The third kappa shape index (κ3) is 3.87. The highest BCUT2D eigenvalue weighted by Crippen LogP contribution is 2.18. The molecule has 0 amide bonds. The number of aryl methyl sites for hydroxylation is 2. The molecule has 21 heavy (non-hydrogen) atoms. The largest absolute Gasteiger partial charge is 0.486 e. The van der Waals surface area contributed by atoms with E-state index in [1.165, 1.54) is 0 Å². The Morgan fingerprint density at radius 2 is 2.10 bits per heavy atom. The Kier molecular flexibility index (Phi) is 5.42. The number of ether oxygens (including phenoxy) is 1. The predicted molar refractivity (Wildman–Crippen MR) is 84.0 cm³/mol. The lowest BCUT2D eigenvalue weighted by Crippen LogP contribution is -2.06. The minimum absolute atomic E-state index is 0.344. The third-order valence-corrected chi connectivity index (χ3v) is 3.16. The standard InChI is InChI=1S/C17H21N3O/c1-3-15-12-16(20(4-2)19-15)13-21-17-10-6-5-8-14(17)9-7-11-18/h5-6,8,10,12H,3-4,11,13,18H2,1-2H3. The van der Waals surface area contributed by atoms with E-state index in [0.29, 0.717) is 13.2 Å². The highest BCUT2D eigenvalue weighted by molar-refractivity contribution is 5.46. The average Bonchev–Trinajstić information content (AvgIpc) is 2.94. The topological polar surface area (TPSA) is 53.1 Å². The molecule has 0 radical (unpaired) electrons. The van der Waals surface area contributed by atoms with Crippen LogP contribution in [0.15, 0.2) is 30.3 Å². The molecule has 0 aliphatic heterocycles. The molecule has 0 aliphatic carbocycles. The van der Waals surface area contributed by atoms with Crippen molar-refractivity contribution < 1.29 is 4.74 Å². The summed E-state index contributed by atoms with van der Waals surface area (Å²) in [5, 5.41) is 4.52. The molecule has 0 atom stereocenters. The summed E-state index contributed by atoms with van der Waals surface area (Å²) >= 11 is 0. The van der Waals surface area contributed by atoms with Crippen LogP contribution in [-0.2, 0) is 19.6 Å². The van der Waals surface area contributed by atoms with Crippen LogP contribution in [-0.4, -0.2) is 16.3 Å². The SMILES string of the molecule is CCc1cc(COc2ccccc2C#CCN)n(CC)n1. The molecular weight excluding hydrogens is 262 g/mol. The number of nitrogens with two attached hydrogens (primary N) is 1. The van der Waals surface area contributed by atoms with Crippen LogP contribution in [0.4, 0.5) is 0 Å². The molecule has 110 valence electrons. The predicted octanol–water partition coefficient (Wildman–Crippen LogP) is 2.35. The quantitative estimate of drug-likeness (QED) is 0.857. The normalized spacial score (nSPS) is 10.0. The summed E-state index contributed by atoms with van der Waals surface area (Å²) in [7, 11) is 0. The third-order valence-electron chi connectivity index (χ3n) is 3.16. The monoisotopic (exact) mass is 283 g/mol. The molecule has 0 saturated carbocycles. The van der Waals surface area contributed by atoms with Gasteiger partial charge in [-0.3, -0.25) is 4.68 Å². The summed E-state index contributed by atoms with van der Waals surface area (Å²) in [4.78, 5) is 0. The summed E-state index contributed by atoms with van der Waals surface area (Å²) in [6.45, 7) is 5.85. The summed E-state index contributed by atoms with van der Waals surface area (Å²) in [6.07, 6.45) is 0.929. The summed E-state index contributed by atoms with van der Waals surface area (Å²) in [6, 6.07) is 9.84. The van der Waals surface area contributed by atoms with Crippen molar-refractivity contribution in [3.05, 3.63) is 47.3 Å². The van der Waals surface area contributed by atoms with Crippen LogP contribution in [0.2, 0.25) is 0 Å². The van der Waals surface area contributed by atoms with Crippen molar-refractivity contribution in [2.24, 2.45) is 5.73 Å². The Labute approximate surface area is 125 Å². The summed E-state index contributed by atoms with van der Waals surface area (Å²) < 4.78 is 7.90. The minimum Gasteiger partial charge on any atom is -0.486 e. The molecule has 1 heterocycles. The Hall–Kier alpha value is -2.25. The van der Waals surface area contributed by atoms with Gasteiger partial charge in [0, 0.05) is 6.54 Å². The molecule has 0 unspecified atom stereocenters. The highest BCUT2D eigenvalue weighted by Gasteiger charge is 2.07. The molecule has 2 N–H and O–H groups in total. The van der Waals surface area contributed by atoms with E-state index in [0.717, 1.165) is 35.7 Å². The molecule has 4 heteroatoms. The lowest BCUT2D eigenvalue weighted by molar-refractivity contribution is 0.291. The first-order valence-electron chi connectivity index (χ1n) is 7.24. The smallest absolute Gasteiger partial charge is 0.135 e. The van der Waals surface area contributed by atoms with Gasteiger partial charge in [-0.05, 0) is 31.5 Å². The van der Waals surface area contributed by atoms with E-state index in [4.69, 9.17) is 10.5 Å². The van der Waals surface area contributed by atoms with E-state index in [1.54, 1.807) is 0 Å². The number of nitrogens with zero attached hydrogens (tertiary/aromatic N) is 2. The van der Waals surface area contributed by atoms with Crippen molar-refractivity contribution in [2.45, 2.75) is 33.4 Å². The van der Waals surface area contributed by atoms with Crippen molar-refractivity contribution in [3.63, 3.8) is 0 Å². The first kappa shape index (κ1) is 15.1. The van der Waals surface area contributed by atoms with Gasteiger partial charge in [-0.1, -0.05) is 30.9 Å². The van der Waals surface area contributed by atoms with Crippen molar-refractivity contribution in [3.8, 4) is 17.6 Å². The maximum Gasteiger partial charge on any atom is 0.135 e. The number of aromatic nitrogens is 2. The second-order valence-corrected chi connectivity index (χ2v) is 4.59. The second kappa shape index (κ2) is 7.51. The van der Waals surface area contributed by atoms with Crippen molar-refractivity contribution in [1.29, 1.82) is 0 Å². The number of rotatable bonds is 5. The van der Waals surface area contributed by atoms with Gasteiger partial charge >= 0.3 is 0 Å². The Balaban J connectivity index is 2.15. The van der Waals surface area contributed by atoms with Crippen LogP contribution in [0.25, 0.3) is 0 Å². The lowest BCUT2D eigenvalue weighted by atomic mass is 10.2. The van der Waals surface area contributed by atoms with Gasteiger partial charge in [0.25, 0.3) is 0 Å². The van der Waals surface area contributed by atoms with Gasteiger partial charge in [0.2, 0.25) is 0 Å². The fourth-order valence-corrected chi connectivity index (χ4v) is 2.07. The Morgan fingerprint density at radius 3 is 2.81 bits per heavy atom. The number of para-hydroxylation sites is 1. The van der Waals surface area contributed by atoms with Crippen LogP contribution in [0, 0.1) is 11.8 Å². The van der Waals surface area contributed by atoms with Crippen molar-refractivity contribution in [1.82, 2.24) is 9.78 Å². The van der Waals surface area contributed by atoms with E-state index in [2.05, 4.69) is 36.9 Å². The van der Waals surface area contributed by atoms with Crippen molar-refractivity contribution in [2.75, 3.05) is 6.54 Å². The van der Waals surface area contributed by atoms with Crippen LogP contribution < -0.4 is 10.5 Å². The van der Waals surface area contributed by atoms with Crippen LogP contribution in [0.1, 0.15) is 30.8 Å². The van der Waals surface area contributed by atoms with Crippen LogP contribution >= 0.6 is 0 Å². The Morgan fingerprint density at radius 1 is 1.29 bits per heavy atom. The van der Waals surface area contributed by atoms with Gasteiger partial charge < -0.3 is 10.5 Å². The zero-order chi connectivity index (χ0) is 15.1. The maximum absolute atomic E-state index is 5.92. The zero-order valence-electron chi connectivity index (χ0n) is 12.6. The second-order valence-electron chi connectivity index (χ2n) is 4.59. The fraction of sp³-hybridized carbons (Fsp3) is 0.353. The molecule has 2 aromatic rings. The van der Waals surface area contributed by atoms with Crippen LogP contribution in [0.5, 0.6) is 5.75 Å². The number of hydrogen-bond donors (Lipinski definition) is 1. The van der Waals surface area contributed by atoms with E-state index >= 15 is 0 Å². The van der Waals surface area contributed by atoms with Gasteiger partial charge in [0.1, 0.15) is 12.4 Å². The molecule has 2 rings (SSSR count). The van der Waals surface area contributed by atoms with Crippen LogP contribution in [0.3, 0.4) is 0 Å². The summed E-state index contributed by atoms with van der Waals surface area (Å²) in [5.74, 6) is 6.67. The lowest BCUT2D eigenvalue weighted by Gasteiger charge is -2.09. The van der Waals surface area contributed by atoms with Crippen molar-refractivity contribution >= 4 is 0 Å². The zero-order valence-corrected chi connectivity index (χ0v) is 12.6. The van der Waals surface area contributed by atoms with E-state index in [-0.39, 0.29) is 0 Å². The van der Waals surface area contributed by atoms with Gasteiger partial charge in [-0.25, -0.2) is 0 Å². The average molecular weight is 283 g/mol. The number of hydrogen-bond acceptors (Lipinski definition) is 3. The summed E-state index contributed by atoms with van der Waals surface area (Å²) in [5.41, 5.74) is 8.45. The first-order valence-corrected chi connectivity index (χ1v) is 7.24. The van der Waals surface area contributed by atoms with Gasteiger partial charge in [-0.2, -0.15) is 5.10 Å². The van der Waals surface area contributed by atoms with E-state index < -0.39 is 0 Å². The minimum atomic E-state index is 0.344. The highest BCUT2D eigenvalue weighted by atomic mass is 16.5. The van der Waals surface area contributed by atoms with E-state index in [9.17, 15) is 0 Å². The molecule has 0 saturated heterocycles. The molecule has 0 fully saturated rings. The molecule has 0 spiro atoms. The number of benzene rings is 1. The van der Waals surface area contributed by atoms with Gasteiger partial charge in [-0.15, -0.1) is 0 Å².